The number of nitrogens with zero attached hydrogens (tertiary/aromatic N) is 3. The molecule has 8 heteroatoms. The van der Waals surface area contributed by atoms with Crippen LogP contribution in [0.3, 0.4) is 0 Å². The lowest BCUT2D eigenvalue weighted by molar-refractivity contribution is 0.0941. The van der Waals surface area contributed by atoms with E-state index in [4.69, 9.17) is 0 Å². The van der Waals surface area contributed by atoms with E-state index in [2.05, 4.69) is 22.2 Å². The van der Waals surface area contributed by atoms with Crippen molar-refractivity contribution in [2.24, 2.45) is 0 Å². The lowest BCUT2D eigenvalue weighted by atomic mass is 10.2. The van der Waals surface area contributed by atoms with Gasteiger partial charge in [0.25, 0.3) is 5.91 Å². The molecule has 0 spiro atoms. The molecule has 2 heterocycles. The van der Waals surface area contributed by atoms with Crippen LogP contribution in [0, 0.1) is 0 Å². The second-order valence-electron chi connectivity index (χ2n) is 7.75. The minimum atomic E-state index is -3.54. The minimum absolute atomic E-state index is 0.209. The van der Waals surface area contributed by atoms with E-state index >= 15 is 0 Å². The van der Waals surface area contributed by atoms with Gasteiger partial charge in [0, 0.05) is 57.9 Å². The van der Waals surface area contributed by atoms with Gasteiger partial charge < -0.3 is 10.2 Å². The van der Waals surface area contributed by atoms with Crippen molar-refractivity contribution in [3.63, 3.8) is 0 Å². The number of rotatable bonds is 6. The first-order chi connectivity index (χ1) is 13.5. The molecule has 1 amide bonds. The fourth-order valence-electron chi connectivity index (χ4n) is 3.73. The fraction of sp³-hybridized carbons (Fsp3) is 0.650. The zero-order valence-electron chi connectivity index (χ0n) is 16.8. The summed E-state index contributed by atoms with van der Waals surface area (Å²) >= 11 is 0. The Morgan fingerprint density at radius 3 is 2.36 bits per heavy atom. The van der Waals surface area contributed by atoms with E-state index in [1.165, 1.54) is 6.07 Å². The molecule has 28 heavy (non-hydrogen) atoms. The first-order valence-electron chi connectivity index (χ1n) is 10.3. The molecule has 0 saturated carbocycles. The average molecular weight is 409 g/mol. The Morgan fingerprint density at radius 2 is 1.68 bits per heavy atom. The summed E-state index contributed by atoms with van der Waals surface area (Å²) in [7, 11) is -1.43. The number of nitrogens with one attached hydrogen (secondary N) is 1. The predicted molar refractivity (Wildman–Crippen MR) is 110 cm³/mol. The van der Waals surface area contributed by atoms with Crippen LogP contribution in [0.2, 0.25) is 0 Å². The van der Waals surface area contributed by atoms with Crippen LogP contribution < -0.4 is 5.32 Å². The van der Waals surface area contributed by atoms with E-state index in [1.807, 2.05) is 0 Å². The number of carbonyl (C=O) groups is 1. The van der Waals surface area contributed by atoms with Gasteiger partial charge in [-0.1, -0.05) is 18.9 Å². The number of piperazine rings is 1. The molecule has 1 N–H and O–H groups in total. The third-order valence-corrected chi connectivity index (χ3v) is 7.50. The SMILES string of the molecule is CN1CCN(CCNC(=O)c2cccc(S(=O)(=O)N3CCCCCC3)c2)CC1. The molecule has 0 atom stereocenters. The number of likely N-dealkylation sites (N-methyl/N-ethyl adjacent to an activating group) is 1. The molecule has 1 aromatic rings. The van der Waals surface area contributed by atoms with Gasteiger partial charge in [0.2, 0.25) is 10.0 Å². The number of carbonyl (C=O) groups excluding carboxylic acids is 1. The van der Waals surface area contributed by atoms with Crippen LogP contribution in [0.1, 0.15) is 36.0 Å². The van der Waals surface area contributed by atoms with Gasteiger partial charge >= 0.3 is 0 Å². The summed E-state index contributed by atoms with van der Waals surface area (Å²) in [6.45, 7) is 6.60. The highest BCUT2D eigenvalue weighted by atomic mass is 32.2. The molecular formula is C20H32N4O3S. The minimum Gasteiger partial charge on any atom is -0.351 e. The highest BCUT2D eigenvalue weighted by molar-refractivity contribution is 7.89. The molecule has 3 rings (SSSR count). The van der Waals surface area contributed by atoms with Crippen LogP contribution >= 0.6 is 0 Å². The Labute approximate surface area is 168 Å². The lowest BCUT2D eigenvalue weighted by Crippen LogP contribution is -2.46. The van der Waals surface area contributed by atoms with Crippen molar-refractivity contribution in [2.75, 3.05) is 59.4 Å². The van der Waals surface area contributed by atoms with Gasteiger partial charge in [0.05, 0.1) is 4.90 Å². The molecule has 0 bridgehead atoms. The maximum Gasteiger partial charge on any atom is 0.251 e. The quantitative estimate of drug-likeness (QED) is 0.766. The van der Waals surface area contributed by atoms with E-state index < -0.39 is 10.0 Å². The smallest absolute Gasteiger partial charge is 0.251 e. The monoisotopic (exact) mass is 408 g/mol. The second-order valence-corrected chi connectivity index (χ2v) is 9.68. The van der Waals surface area contributed by atoms with Crippen LogP contribution in [-0.2, 0) is 10.0 Å². The molecule has 156 valence electrons. The highest BCUT2D eigenvalue weighted by Gasteiger charge is 2.25. The third kappa shape index (κ3) is 5.53. The van der Waals surface area contributed by atoms with E-state index in [9.17, 15) is 13.2 Å². The zero-order valence-corrected chi connectivity index (χ0v) is 17.6. The van der Waals surface area contributed by atoms with Gasteiger partial charge in [0.15, 0.2) is 0 Å². The fourth-order valence-corrected chi connectivity index (χ4v) is 5.29. The molecule has 0 aliphatic carbocycles. The normalized spacial score (nSPS) is 20.6. The summed E-state index contributed by atoms with van der Waals surface area (Å²) in [5.41, 5.74) is 0.397. The molecule has 2 fully saturated rings. The molecule has 1 aromatic carbocycles. The molecule has 0 radical (unpaired) electrons. The molecule has 0 unspecified atom stereocenters. The van der Waals surface area contributed by atoms with E-state index in [0.29, 0.717) is 25.2 Å². The average Bonchev–Trinajstić information content (AvgIpc) is 3.00. The van der Waals surface area contributed by atoms with E-state index in [-0.39, 0.29) is 10.8 Å². The Kier molecular flexibility index (Phi) is 7.45. The van der Waals surface area contributed by atoms with Gasteiger partial charge in [-0.25, -0.2) is 8.42 Å². The maximum absolute atomic E-state index is 12.9. The molecule has 0 aromatic heterocycles. The molecular weight excluding hydrogens is 376 g/mol. The standard InChI is InChI=1S/C20H32N4O3S/c1-22-13-15-23(16-14-22)12-9-21-20(25)18-7-6-8-19(17-18)28(26,27)24-10-4-2-3-5-11-24/h6-8,17H,2-5,9-16H2,1H3,(H,21,25). The van der Waals surface area contributed by atoms with Crippen LogP contribution in [0.25, 0.3) is 0 Å². The van der Waals surface area contributed by atoms with Gasteiger partial charge in [-0.05, 0) is 38.1 Å². The summed E-state index contributed by atoms with van der Waals surface area (Å²) in [4.78, 5) is 17.3. The van der Waals surface area contributed by atoms with Crippen molar-refractivity contribution in [1.82, 2.24) is 19.4 Å². The van der Waals surface area contributed by atoms with Crippen molar-refractivity contribution in [3.05, 3.63) is 29.8 Å². The lowest BCUT2D eigenvalue weighted by Gasteiger charge is -2.32. The van der Waals surface area contributed by atoms with Gasteiger partial charge in [-0.3, -0.25) is 9.69 Å². The van der Waals surface area contributed by atoms with Gasteiger partial charge in [-0.15, -0.1) is 0 Å². The Morgan fingerprint density at radius 1 is 1.00 bits per heavy atom. The van der Waals surface area contributed by atoms with Crippen molar-refractivity contribution in [2.45, 2.75) is 30.6 Å². The number of hydrogen-bond donors (Lipinski definition) is 1. The van der Waals surface area contributed by atoms with Crippen LogP contribution in [0.4, 0.5) is 0 Å². The second kappa shape index (κ2) is 9.82. The van der Waals surface area contributed by atoms with Crippen molar-refractivity contribution in [1.29, 1.82) is 0 Å². The first kappa shape index (κ1) is 21.2. The zero-order chi connectivity index (χ0) is 20.0. The van der Waals surface area contributed by atoms with Crippen molar-refractivity contribution >= 4 is 15.9 Å². The van der Waals surface area contributed by atoms with Crippen LogP contribution in [-0.4, -0.2) is 87.8 Å². The maximum atomic E-state index is 12.9. The summed E-state index contributed by atoms with van der Waals surface area (Å²) < 4.78 is 27.5. The summed E-state index contributed by atoms with van der Waals surface area (Å²) in [5, 5.41) is 2.92. The van der Waals surface area contributed by atoms with Crippen molar-refractivity contribution < 1.29 is 13.2 Å². The number of hydrogen-bond acceptors (Lipinski definition) is 5. The van der Waals surface area contributed by atoms with Crippen LogP contribution in [0.5, 0.6) is 0 Å². The van der Waals surface area contributed by atoms with Gasteiger partial charge in [-0.2, -0.15) is 4.31 Å². The summed E-state index contributed by atoms with van der Waals surface area (Å²) in [6, 6.07) is 6.42. The summed E-state index contributed by atoms with van der Waals surface area (Å²) in [6.07, 6.45) is 3.93. The summed E-state index contributed by atoms with van der Waals surface area (Å²) in [5.74, 6) is -0.220. The predicted octanol–water partition coefficient (Wildman–Crippen LogP) is 1.23. The Hall–Kier alpha value is -1.48. The number of benzene rings is 1. The highest BCUT2D eigenvalue weighted by Crippen LogP contribution is 2.21. The topological polar surface area (TPSA) is 73.0 Å². The Bertz CT molecular complexity index is 752. The Balaban J connectivity index is 1.58. The van der Waals surface area contributed by atoms with E-state index in [1.54, 1.807) is 22.5 Å². The van der Waals surface area contributed by atoms with E-state index in [0.717, 1.165) is 58.4 Å². The molecule has 7 nitrogen and oxygen atoms in total. The van der Waals surface area contributed by atoms with Crippen molar-refractivity contribution in [3.8, 4) is 0 Å². The van der Waals surface area contributed by atoms with Gasteiger partial charge in [0.1, 0.15) is 0 Å². The first-order valence-corrected chi connectivity index (χ1v) is 11.7. The van der Waals surface area contributed by atoms with Crippen LogP contribution in [0.15, 0.2) is 29.2 Å². The largest absolute Gasteiger partial charge is 0.351 e. The molecule has 2 saturated heterocycles. The number of sulfonamides is 1. The molecule has 2 aliphatic rings. The molecule has 2 aliphatic heterocycles. The third-order valence-electron chi connectivity index (χ3n) is 5.61. The number of amides is 1.